The number of hydrogen-bond donors (Lipinski definition) is 1. The molecular weight excluding hydrogens is 354 g/mol. The SMILES string of the molecule is O=C(COc1cccc2ccccc12)NCc1cccc(Br)c1. The highest BCUT2D eigenvalue weighted by molar-refractivity contribution is 9.10. The maximum absolute atomic E-state index is 12.0. The lowest BCUT2D eigenvalue weighted by molar-refractivity contribution is -0.123. The number of ether oxygens (including phenoxy) is 1. The van der Waals surface area contributed by atoms with Crippen LogP contribution in [0.2, 0.25) is 0 Å². The van der Waals surface area contributed by atoms with Gasteiger partial charge in [-0.05, 0) is 29.1 Å². The molecule has 116 valence electrons. The van der Waals surface area contributed by atoms with E-state index in [9.17, 15) is 4.79 Å². The molecule has 0 atom stereocenters. The molecule has 23 heavy (non-hydrogen) atoms. The van der Waals surface area contributed by atoms with Crippen LogP contribution in [-0.2, 0) is 11.3 Å². The monoisotopic (exact) mass is 369 g/mol. The van der Waals surface area contributed by atoms with Crippen LogP contribution in [0, 0.1) is 0 Å². The average molecular weight is 370 g/mol. The van der Waals surface area contributed by atoms with Crippen molar-refractivity contribution in [1.82, 2.24) is 5.32 Å². The van der Waals surface area contributed by atoms with Gasteiger partial charge in [-0.15, -0.1) is 0 Å². The first-order valence-electron chi connectivity index (χ1n) is 7.34. The lowest BCUT2D eigenvalue weighted by atomic mass is 10.1. The van der Waals surface area contributed by atoms with Crippen molar-refractivity contribution in [2.24, 2.45) is 0 Å². The molecule has 0 saturated heterocycles. The molecule has 0 saturated carbocycles. The third-order valence-electron chi connectivity index (χ3n) is 3.49. The van der Waals surface area contributed by atoms with Crippen molar-refractivity contribution >= 4 is 32.6 Å². The minimum atomic E-state index is -0.141. The van der Waals surface area contributed by atoms with E-state index in [0.29, 0.717) is 6.54 Å². The second-order valence-corrected chi connectivity index (χ2v) is 6.09. The summed E-state index contributed by atoms with van der Waals surface area (Å²) in [6, 6.07) is 21.6. The van der Waals surface area contributed by atoms with Gasteiger partial charge in [-0.2, -0.15) is 0 Å². The standard InChI is InChI=1S/C19H16BrNO2/c20-16-8-3-5-14(11-16)12-21-19(22)13-23-18-10-4-7-15-6-1-2-9-17(15)18/h1-11H,12-13H2,(H,21,22). The van der Waals surface area contributed by atoms with Crippen LogP contribution in [0.25, 0.3) is 10.8 Å². The fourth-order valence-corrected chi connectivity index (χ4v) is 2.81. The molecule has 3 aromatic carbocycles. The summed E-state index contributed by atoms with van der Waals surface area (Å²) in [4.78, 5) is 12.0. The highest BCUT2D eigenvalue weighted by Crippen LogP contribution is 2.24. The number of nitrogens with one attached hydrogen (secondary N) is 1. The number of rotatable bonds is 5. The fourth-order valence-electron chi connectivity index (χ4n) is 2.36. The van der Waals surface area contributed by atoms with E-state index in [1.165, 1.54) is 0 Å². The van der Waals surface area contributed by atoms with Gasteiger partial charge in [-0.3, -0.25) is 4.79 Å². The lowest BCUT2D eigenvalue weighted by Gasteiger charge is -2.10. The number of amides is 1. The number of halogens is 1. The average Bonchev–Trinajstić information content (AvgIpc) is 2.58. The first kappa shape index (κ1) is 15.6. The van der Waals surface area contributed by atoms with Crippen LogP contribution in [0.5, 0.6) is 5.75 Å². The summed E-state index contributed by atoms with van der Waals surface area (Å²) < 4.78 is 6.67. The quantitative estimate of drug-likeness (QED) is 0.727. The van der Waals surface area contributed by atoms with Gasteiger partial charge in [-0.1, -0.05) is 64.5 Å². The van der Waals surface area contributed by atoms with Gasteiger partial charge in [0.15, 0.2) is 6.61 Å². The van der Waals surface area contributed by atoms with Crippen LogP contribution >= 0.6 is 15.9 Å². The number of carbonyl (C=O) groups is 1. The molecule has 4 heteroatoms. The topological polar surface area (TPSA) is 38.3 Å². The predicted molar refractivity (Wildman–Crippen MR) is 95.4 cm³/mol. The largest absolute Gasteiger partial charge is 0.483 e. The molecule has 0 aliphatic carbocycles. The molecule has 0 aliphatic heterocycles. The number of fused-ring (bicyclic) bond motifs is 1. The minimum Gasteiger partial charge on any atom is -0.483 e. The van der Waals surface area contributed by atoms with Crippen molar-refractivity contribution in [3.8, 4) is 5.75 Å². The molecule has 0 heterocycles. The zero-order chi connectivity index (χ0) is 16.1. The highest BCUT2D eigenvalue weighted by Gasteiger charge is 2.05. The van der Waals surface area contributed by atoms with Crippen molar-refractivity contribution in [2.45, 2.75) is 6.54 Å². The van der Waals surface area contributed by atoms with Crippen LogP contribution in [0.4, 0.5) is 0 Å². The number of hydrogen-bond acceptors (Lipinski definition) is 2. The lowest BCUT2D eigenvalue weighted by Crippen LogP contribution is -2.28. The summed E-state index contributed by atoms with van der Waals surface area (Å²) in [6.07, 6.45) is 0. The van der Waals surface area contributed by atoms with Gasteiger partial charge >= 0.3 is 0 Å². The normalized spacial score (nSPS) is 10.5. The summed E-state index contributed by atoms with van der Waals surface area (Å²) in [6.45, 7) is 0.485. The van der Waals surface area contributed by atoms with E-state index in [1.807, 2.05) is 66.7 Å². The molecule has 1 amide bonds. The van der Waals surface area contributed by atoms with Gasteiger partial charge in [0.2, 0.25) is 0 Å². The molecule has 3 rings (SSSR count). The number of benzene rings is 3. The van der Waals surface area contributed by atoms with E-state index in [4.69, 9.17) is 4.74 Å². The smallest absolute Gasteiger partial charge is 0.258 e. The summed E-state index contributed by atoms with van der Waals surface area (Å²) >= 11 is 3.42. The summed E-state index contributed by atoms with van der Waals surface area (Å²) in [7, 11) is 0. The summed E-state index contributed by atoms with van der Waals surface area (Å²) in [5, 5.41) is 4.97. The Labute approximate surface area is 143 Å². The van der Waals surface area contributed by atoms with E-state index in [0.717, 1.165) is 26.6 Å². The molecular formula is C19H16BrNO2. The predicted octanol–water partition coefficient (Wildman–Crippen LogP) is 4.30. The van der Waals surface area contributed by atoms with E-state index in [1.54, 1.807) is 0 Å². The van der Waals surface area contributed by atoms with Crippen molar-refractivity contribution < 1.29 is 9.53 Å². The molecule has 3 aromatic rings. The number of carbonyl (C=O) groups excluding carboxylic acids is 1. The minimum absolute atomic E-state index is 0.00199. The molecule has 0 aromatic heterocycles. The van der Waals surface area contributed by atoms with E-state index in [-0.39, 0.29) is 12.5 Å². The van der Waals surface area contributed by atoms with Gasteiger partial charge in [0.25, 0.3) is 5.91 Å². The van der Waals surface area contributed by atoms with Crippen LogP contribution < -0.4 is 10.1 Å². The van der Waals surface area contributed by atoms with Crippen LogP contribution in [0.15, 0.2) is 71.2 Å². The Hall–Kier alpha value is -2.33. The van der Waals surface area contributed by atoms with Crippen molar-refractivity contribution in [3.05, 3.63) is 76.8 Å². The summed E-state index contributed by atoms with van der Waals surface area (Å²) in [5.41, 5.74) is 1.04. The van der Waals surface area contributed by atoms with Crippen LogP contribution in [0.3, 0.4) is 0 Å². The van der Waals surface area contributed by atoms with Crippen molar-refractivity contribution in [2.75, 3.05) is 6.61 Å². The second kappa shape index (κ2) is 7.29. The zero-order valence-electron chi connectivity index (χ0n) is 12.5. The van der Waals surface area contributed by atoms with Crippen molar-refractivity contribution in [1.29, 1.82) is 0 Å². The molecule has 0 spiro atoms. The zero-order valence-corrected chi connectivity index (χ0v) is 14.0. The van der Waals surface area contributed by atoms with Gasteiger partial charge in [0.1, 0.15) is 5.75 Å². The maximum Gasteiger partial charge on any atom is 0.258 e. The molecule has 0 unspecified atom stereocenters. The first-order chi connectivity index (χ1) is 11.2. The molecule has 0 bridgehead atoms. The van der Waals surface area contributed by atoms with E-state index < -0.39 is 0 Å². The Balaban J connectivity index is 1.58. The molecule has 0 fully saturated rings. The van der Waals surface area contributed by atoms with E-state index in [2.05, 4.69) is 21.2 Å². The Morgan fingerprint density at radius 1 is 1.00 bits per heavy atom. The van der Waals surface area contributed by atoms with Gasteiger partial charge in [0, 0.05) is 16.4 Å². The molecule has 0 aliphatic rings. The molecule has 3 nitrogen and oxygen atoms in total. The Kier molecular flexibility index (Phi) is 4.93. The first-order valence-corrected chi connectivity index (χ1v) is 8.13. The molecule has 0 radical (unpaired) electrons. The van der Waals surface area contributed by atoms with Crippen molar-refractivity contribution in [3.63, 3.8) is 0 Å². The Morgan fingerprint density at radius 2 is 1.78 bits per heavy atom. The highest BCUT2D eigenvalue weighted by atomic mass is 79.9. The van der Waals surface area contributed by atoms with E-state index >= 15 is 0 Å². The third-order valence-corrected chi connectivity index (χ3v) is 3.98. The van der Waals surface area contributed by atoms with Crippen LogP contribution in [-0.4, -0.2) is 12.5 Å². The van der Waals surface area contributed by atoms with Gasteiger partial charge < -0.3 is 10.1 Å². The van der Waals surface area contributed by atoms with Gasteiger partial charge in [0.05, 0.1) is 0 Å². The summed E-state index contributed by atoms with van der Waals surface area (Å²) in [5.74, 6) is 0.582. The second-order valence-electron chi connectivity index (χ2n) is 5.17. The Bertz CT molecular complexity index is 827. The maximum atomic E-state index is 12.0. The van der Waals surface area contributed by atoms with Crippen LogP contribution in [0.1, 0.15) is 5.56 Å². The Morgan fingerprint density at radius 3 is 2.65 bits per heavy atom. The van der Waals surface area contributed by atoms with Gasteiger partial charge in [-0.25, -0.2) is 0 Å². The molecule has 1 N–H and O–H groups in total. The third kappa shape index (κ3) is 4.11. The fraction of sp³-hybridized carbons (Fsp3) is 0.105.